The van der Waals surface area contributed by atoms with Gasteiger partial charge in [-0.1, -0.05) is 62.4 Å². The molecule has 0 radical (unpaired) electrons. The molecule has 0 aliphatic carbocycles. The second-order valence-electron chi connectivity index (χ2n) is 10.5. The maximum Gasteiger partial charge on any atom is 0.352 e. The van der Waals surface area contributed by atoms with Crippen LogP contribution in [0.25, 0.3) is 0 Å². The molecule has 5 N–H and O–H groups in total. The van der Waals surface area contributed by atoms with Gasteiger partial charge in [0.2, 0.25) is 11.8 Å². The van der Waals surface area contributed by atoms with E-state index in [2.05, 4.69) is 10.3 Å². The van der Waals surface area contributed by atoms with Gasteiger partial charge in [-0.2, -0.15) is 8.78 Å². The van der Waals surface area contributed by atoms with Crippen LogP contribution in [0, 0.1) is 5.92 Å². The number of aryl methyl sites for hydroxylation is 1. The van der Waals surface area contributed by atoms with Gasteiger partial charge in [0.05, 0.1) is 18.6 Å². The van der Waals surface area contributed by atoms with Gasteiger partial charge >= 0.3 is 11.8 Å². The summed E-state index contributed by atoms with van der Waals surface area (Å²) in [5.74, 6) is -8.42. The Labute approximate surface area is 243 Å². The van der Waals surface area contributed by atoms with Gasteiger partial charge in [-0.15, -0.1) is 0 Å². The highest BCUT2D eigenvalue weighted by Gasteiger charge is 2.53. The number of aliphatic hydroxyl groups excluding tert-OH is 1. The van der Waals surface area contributed by atoms with Crippen LogP contribution >= 0.6 is 0 Å². The zero-order chi connectivity index (χ0) is 30.9. The third-order valence-electron chi connectivity index (χ3n) is 6.86. The highest BCUT2D eigenvalue weighted by molar-refractivity contribution is 5.99. The van der Waals surface area contributed by atoms with Crippen molar-refractivity contribution in [3.8, 4) is 5.75 Å². The number of nitrogens with zero attached hydrogens (tertiary/aromatic N) is 2. The van der Waals surface area contributed by atoms with Crippen LogP contribution in [0.1, 0.15) is 37.0 Å². The molecule has 0 aliphatic rings. The number of nitrogens with two attached hydrogens (primary N) is 1. The third-order valence-corrected chi connectivity index (χ3v) is 6.86. The van der Waals surface area contributed by atoms with Gasteiger partial charge in [-0.25, -0.2) is 0 Å². The molecule has 1 aromatic heterocycles. The van der Waals surface area contributed by atoms with E-state index in [4.69, 9.17) is 5.73 Å². The van der Waals surface area contributed by atoms with E-state index in [1.165, 1.54) is 30.5 Å². The van der Waals surface area contributed by atoms with Gasteiger partial charge in [0.25, 0.3) is 0 Å². The number of phenolic OH excluding ortho intramolecular Hbond substituents is 1. The first kappa shape index (κ1) is 32.3. The molecule has 9 nitrogen and oxygen atoms in total. The summed E-state index contributed by atoms with van der Waals surface area (Å²) in [5.41, 5.74) is 7.42. The molecule has 3 aromatic rings. The largest absolute Gasteiger partial charge is 0.508 e. The van der Waals surface area contributed by atoms with Crippen molar-refractivity contribution >= 4 is 17.7 Å². The monoisotopic (exact) mass is 582 g/mol. The van der Waals surface area contributed by atoms with Crippen LogP contribution in [0.3, 0.4) is 0 Å². The maximum absolute atomic E-state index is 15.9. The summed E-state index contributed by atoms with van der Waals surface area (Å²) < 4.78 is 31.8. The molecule has 1 heterocycles. The Kier molecular flexibility index (Phi) is 11.2. The molecule has 0 fully saturated rings. The van der Waals surface area contributed by atoms with Crippen LogP contribution in [-0.4, -0.2) is 61.9 Å². The summed E-state index contributed by atoms with van der Waals surface area (Å²) in [6, 6.07) is 14.4. The summed E-state index contributed by atoms with van der Waals surface area (Å²) in [6.45, 7) is 2.90. The topological polar surface area (TPSA) is 146 Å². The average molecular weight is 583 g/mol. The van der Waals surface area contributed by atoms with Gasteiger partial charge in [0, 0.05) is 18.8 Å². The first-order chi connectivity index (χ1) is 19.9. The molecule has 0 spiro atoms. The number of imide groups is 1. The molecule has 0 aliphatic heterocycles. The van der Waals surface area contributed by atoms with Crippen molar-refractivity contribution in [1.82, 2.24) is 15.2 Å². The normalized spacial score (nSPS) is 13.7. The van der Waals surface area contributed by atoms with Crippen LogP contribution in [0.15, 0.2) is 79.1 Å². The number of carbonyl (C=O) groups is 3. The van der Waals surface area contributed by atoms with Crippen LogP contribution in [0.4, 0.5) is 8.78 Å². The SMILES string of the molecule is CC(C)[C@H](N)C(=O)NC(Cc1ccc(O)cc1)C(O)C(F)(F)C(=O)N(Cc1ccccc1)C(=O)CCc1cccnc1. The number of hydrogen-bond donors (Lipinski definition) is 4. The van der Waals surface area contributed by atoms with Crippen molar-refractivity contribution in [3.05, 3.63) is 95.8 Å². The Balaban J connectivity index is 1.90. The Bertz CT molecular complexity index is 1320. The van der Waals surface area contributed by atoms with Crippen molar-refractivity contribution < 1.29 is 33.4 Å². The Morgan fingerprint density at radius 1 is 0.976 bits per heavy atom. The summed E-state index contributed by atoms with van der Waals surface area (Å²) in [6.07, 6.45) is -0.0344. The summed E-state index contributed by atoms with van der Waals surface area (Å²) in [7, 11) is 0. The number of hydrogen-bond acceptors (Lipinski definition) is 7. The van der Waals surface area contributed by atoms with E-state index in [1.54, 1.807) is 62.5 Å². The second-order valence-corrected chi connectivity index (χ2v) is 10.5. The fraction of sp³-hybridized carbons (Fsp3) is 0.355. The molecular weight excluding hydrogens is 546 g/mol. The fourth-order valence-corrected chi connectivity index (χ4v) is 4.24. The Morgan fingerprint density at radius 2 is 1.62 bits per heavy atom. The van der Waals surface area contributed by atoms with Gasteiger partial charge in [-0.05, 0) is 53.6 Å². The maximum atomic E-state index is 15.9. The lowest BCUT2D eigenvalue weighted by atomic mass is 9.94. The molecule has 2 unspecified atom stereocenters. The number of halogens is 2. The van der Waals surface area contributed by atoms with Crippen molar-refractivity contribution in [3.63, 3.8) is 0 Å². The minimum absolute atomic E-state index is 0.0661. The average Bonchev–Trinajstić information content (AvgIpc) is 2.99. The number of benzene rings is 2. The van der Waals surface area contributed by atoms with Crippen molar-refractivity contribution in [1.29, 1.82) is 0 Å². The van der Waals surface area contributed by atoms with Crippen LogP contribution < -0.4 is 11.1 Å². The molecule has 0 saturated carbocycles. The fourth-order valence-electron chi connectivity index (χ4n) is 4.24. The molecule has 42 heavy (non-hydrogen) atoms. The highest BCUT2D eigenvalue weighted by atomic mass is 19.3. The molecule has 0 bridgehead atoms. The Morgan fingerprint density at radius 3 is 2.21 bits per heavy atom. The van der Waals surface area contributed by atoms with Crippen LogP contribution in [0.2, 0.25) is 0 Å². The van der Waals surface area contributed by atoms with E-state index >= 15 is 8.78 Å². The molecule has 11 heteroatoms. The zero-order valence-corrected chi connectivity index (χ0v) is 23.5. The van der Waals surface area contributed by atoms with Crippen molar-refractivity contribution in [2.45, 2.75) is 63.8 Å². The van der Waals surface area contributed by atoms with Crippen LogP contribution in [0.5, 0.6) is 5.75 Å². The van der Waals surface area contributed by atoms with Gasteiger partial charge < -0.3 is 21.3 Å². The second kappa shape index (κ2) is 14.6. The quantitative estimate of drug-likeness (QED) is 0.242. The van der Waals surface area contributed by atoms with E-state index in [9.17, 15) is 24.6 Å². The Hall–Kier alpha value is -4.22. The number of phenols is 1. The first-order valence-electron chi connectivity index (χ1n) is 13.6. The minimum atomic E-state index is -4.48. The predicted molar refractivity (Wildman–Crippen MR) is 152 cm³/mol. The minimum Gasteiger partial charge on any atom is -0.508 e. The molecule has 2 aromatic carbocycles. The number of carbonyl (C=O) groups excluding carboxylic acids is 3. The number of rotatable bonds is 13. The smallest absolute Gasteiger partial charge is 0.352 e. The molecule has 3 rings (SSSR count). The van der Waals surface area contributed by atoms with E-state index in [1.807, 2.05) is 0 Å². The van der Waals surface area contributed by atoms with Crippen molar-refractivity contribution in [2.75, 3.05) is 0 Å². The van der Waals surface area contributed by atoms with E-state index in [0.29, 0.717) is 21.6 Å². The van der Waals surface area contributed by atoms with Crippen LogP contribution in [-0.2, 0) is 33.8 Å². The number of aliphatic hydroxyl groups is 1. The number of aromatic nitrogens is 1. The standard InChI is InChI=1S/C31H36F2N4O5/c1-20(2)27(34)29(41)36-25(17-21-10-13-24(38)14-11-21)28(40)31(32,33)30(42)37(19-23-7-4-3-5-8-23)26(39)15-12-22-9-6-16-35-18-22/h3-11,13-14,16,18,20,25,27-28,38,40H,12,15,17,19,34H2,1-2H3,(H,36,41)/t25?,27-,28?/m0/s1. The molecule has 3 atom stereocenters. The predicted octanol–water partition coefficient (Wildman–Crippen LogP) is 2.98. The lowest BCUT2D eigenvalue weighted by molar-refractivity contribution is -0.182. The van der Waals surface area contributed by atoms with Gasteiger partial charge in [-0.3, -0.25) is 24.3 Å². The first-order valence-corrected chi connectivity index (χ1v) is 13.6. The van der Waals surface area contributed by atoms with E-state index in [-0.39, 0.29) is 30.9 Å². The number of pyridine rings is 1. The van der Waals surface area contributed by atoms with E-state index in [0.717, 1.165) is 0 Å². The molecule has 224 valence electrons. The molecule has 3 amide bonds. The third kappa shape index (κ3) is 8.64. The number of aromatic hydroxyl groups is 1. The number of amides is 3. The molecule has 0 saturated heterocycles. The van der Waals surface area contributed by atoms with Crippen molar-refractivity contribution in [2.24, 2.45) is 11.7 Å². The van der Waals surface area contributed by atoms with E-state index < -0.39 is 48.4 Å². The lowest BCUT2D eigenvalue weighted by Gasteiger charge is -2.33. The number of nitrogens with one attached hydrogen (secondary N) is 1. The zero-order valence-electron chi connectivity index (χ0n) is 23.5. The van der Waals surface area contributed by atoms with Gasteiger partial charge in [0.15, 0.2) is 0 Å². The van der Waals surface area contributed by atoms with Gasteiger partial charge in [0.1, 0.15) is 11.9 Å². The summed E-state index contributed by atoms with van der Waals surface area (Å²) >= 11 is 0. The summed E-state index contributed by atoms with van der Waals surface area (Å²) in [4.78, 5) is 43.8. The highest BCUT2D eigenvalue weighted by Crippen LogP contribution is 2.28. The number of alkyl halides is 2. The molecular formula is C31H36F2N4O5. The lowest BCUT2D eigenvalue weighted by Crippen LogP contribution is -2.61. The summed E-state index contributed by atoms with van der Waals surface area (Å²) in [5, 5.41) is 22.9.